The SMILES string of the molecule is CS(=O)(=O)CC(=O)N[C@@H](Cc1ccc(O)cc1)C(=O)O. The second-order valence-electron chi connectivity index (χ2n) is 4.40. The van der Waals surface area contributed by atoms with Crippen molar-refractivity contribution in [3.63, 3.8) is 0 Å². The highest BCUT2D eigenvalue weighted by Gasteiger charge is 2.22. The third kappa shape index (κ3) is 5.70. The molecule has 3 N–H and O–H groups in total. The number of aromatic hydroxyl groups is 1. The molecular weight excluding hydrogens is 286 g/mol. The second-order valence-corrected chi connectivity index (χ2v) is 6.54. The smallest absolute Gasteiger partial charge is 0.326 e. The number of carboxylic acids is 1. The summed E-state index contributed by atoms with van der Waals surface area (Å²) in [5.41, 5.74) is 0.592. The van der Waals surface area contributed by atoms with Crippen LogP contribution in [0.2, 0.25) is 0 Å². The van der Waals surface area contributed by atoms with Crippen molar-refractivity contribution in [1.82, 2.24) is 5.32 Å². The van der Waals surface area contributed by atoms with Crippen LogP contribution in [0.1, 0.15) is 5.56 Å². The molecule has 0 radical (unpaired) electrons. The van der Waals surface area contributed by atoms with Crippen LogP contribution in [-0.4, -0.2) is 48.6 Å². The lowest BCUT2D eigenvalue weighted by atomic mass is 10.1. The van der Waals surface area contributed by atoms with Crippen LogP contribution in [0, 0.1) is 0 Å². The Balaban J connectivity index is 2.72. The Bertz CT molecular complexity index is 593. The number of hydrogen-bond acceptors (Lipinski definition) is 5. The molecule has 0 aliphatic heterocycles. The molecule has 0 unspecified atom stereocenters. The molecule has 0 spiro atoms. The van der Waals surface area contributed by atoms with Crippen LogP contribution >= 0.6 is 0 Å². The first kappa shape index (κ1) is 16.0. The highest BCUT2D eigenvalue weighted by Crippen LogP contribution is 2.11. The van der Waals surface area contributed by atoms with Crippen molar-refractivity contribution in [2.75, 3.05) is 12.0 Å². The first-order valence-corrected chi connectivity index (χ1v) is 7.71. The van der Waals surface area contributed by atoms with Gasteiger partial charge < -0.3 is 15.5 Å². The van der Waals surface area contributed by atoms with E-state index in [-0.39, 0.29) is 12.2 Å². The van der Waals surface area contributed by atoms with Crippen molar-refractivity contribution in [3.05, 3.63) is 29.8 Å². The molecule has 0 saturated carbocycles. The molecule has 1 aromatic rings. The molecule has 1 atom stereocenters. The molecule has 110 valence electrons. The van der Waals surface area contributed by atoms with Crippen molar-refractivity contribution in [2.45, 2.75) is 12.5 Å². The Morgan fingerprint density at radius 3 is 2.25 bits per heavy atom. The number of amides is 1. The Morgan fingerprint density at radius 2 is 1.80 bits per heavy atom. The molecule has 0 aliphatic carbocycles. The zero-order chi connectivity index (χ0) is 15.3. The largest absolute Gasteiger partial charge is 0.508 e. The fourth-order valence-corrected chi connectivity index (χ4v) is 2.10. The number of nitrogens with one attached hydrogen (secondary N) is 1. The highest BCUT2D eigenvalue weighted by atomic mass is 32.2. The van der Waals surface area contributed by atoms with E-state index in [2.05, 4.69) is 5.32 Å². The van der Waals surface area contributed by atoms with Crippen molar-refractivity contribution in [2.24, 2.45) is 0 Å². The number of sulfone groups is 1. The predicted octanol–water partition coefficient (Wildman–Crippen LogP) is -0.451. The minimum Gasteiger partial charge on any atom is -0.508 e. The van der Waals surface area contributed by atoms with Gasteiger partial charge in [0.15, 0.2) is 9.84 Å². The van der Waals surface area contributed by atoms with Gasteiger partial charge in [-0.15, -0.1) is 0 Å². The molecule has 0 saturated heterocycles. The van der Waals surface area contributed by atoms with Gasteiger partial charge in [-0.3, -0.25) is 4.79 Å². The first-order valence-electron chi connectivity index (χ1n) is 5.65. The lowest BCUT2D eigenvalue weighted by Crippen LogP contribution is -2.44. The van der Waals surface area contributed by atoms with E-state index in [4.69, 9.17) is 10.2 Å². The summed E-state index contributed by atoms with van der Waals surface area (Å²) < 4.78 is 21.9. The summed E-state index contributed by atoms with van der Waals surface area (Å²) in [5, 5.41) is 20.3. The van der Waals surface area contributed by atoms with E-state index in [0.717, 1.165) is 6.26 Å². The average molecular weight is 301 g/mol. The van der Waals surface area contributed by atoms with Crippen LogP contribution < -0.4 is 5.32 Å². The maximum Gasteiger partial charge on any atom is 0.326 e. The predicted molar refractivity (Wildman–Crippen MR) is 71.1 cm³/mol. The Morgan fingerprint density at radius 1 is 1.25 bits per heavy atom. The van der Waals surface area contributed by atoms with E-state index in [1.54, 1.807) is 0 Å². The monoisotopic (exact) mass is 301 g/mol. The second kappa shape index (κ2) is 6.38. The number of carbonyl (C=O) groups excluding carboxylic acids is 1. The topological polar surface area (TPSA) is 121 Å². The minimum absolute atomic E-state index is 0.00881. The molecule has 7 nitrogen and oxygen atoms in total. The van der Waals surface area contributed by atoms with Gasteiger partial charge in [-0.05, 0) is 17.7 Å². The zero-order valence-electron chi connectivity index (χ0n) is 10.7. The molecule has 8 heteroatoms. The maximum atomic E-state index is 11.4. The number of aliphatic carboxylic acids is 1. The van der Waals surface area contributed by atoms with E-state index in [9.17, 15) is 18.0 Å². The van der Waals surface area contributed by atoms with Gasteiger partial charge in [-0.25, -0.2) is 13.2 Å². The summed E-state index contributed by atoms with van der Waals surface area (Å²) in [6, 6.07) is 4.61. The molecular formula is C12H15NO6S. The number of carbonyl (C=O) groups is 2. The lowest BCUT2D eigenvalue weighted by molar-refractivity contribution is -0.141. The van der Waals surface area contributed by atoms with Gasteiger partial charge >= 0.3 is 5.97 Å². The van der Waals surface area contributed by atoms with E-state index < -0.39 is 33.5 Å². The van der Waals surface area contributed by atoms with Gasteiger partial charge in [-0.1, -0.05) is 12.1 Å². The molecule has 0 aromatic heterocycles. The maximum absolute atomic E-state index is 11.4. The molecule has 1 amide bonds. The fraction of sp³-hybridized carbons (Fsp3) is 0.333. The molecule has 0 bridgehead atoms. The molecule has 0 aliphatic rings. The Hall–Kier alpha value is -2.09. The van der Waals surface area contributed by atoms with Crippen LogP contribution in [0.15, 0.2) is 24.3 Å². The Labute approximate surface area is 116 Å². The van der Waals surface area contributed by atoms with Crippen LogP contribution in [0.4, 0.5) is 0 Å². The van der Waals surface area contributed by atoms with E-state index in [1.165, 1.54) is 24.3 Å². The number of carboxylic acid groups (broad SMARTS) is 1. The van der Waals surface area contributed by atoms with Gasteiger partial charge in [0.2, 0.25) is 5.91 Å². The summed E-state index contributed by atoms with van der Waals surface area (Å²) in [6.45, 7) is 0. The van der Waals surface area contributed by atoms with Gasteiger partial charge in [-0.2, -0.15) is 0 Å². The van der Waals surface area contributed by atoms with Gasteiger partial charge in [0.25, 0.3) is 0 Å². The van der Waals surface area contributed by atoms with Crippen LogP contribution in [0.3, 0.4) is 0 Å². The van der Waals surface area contributed by atoms with Crippen molar-refractivity contribution in [3.8, 4) is 5.75 Å². The van der Waals surface area contributed by atoms with Gasteiger partial charge in [0.1, 0.15) is 17.5 Å². The van der Waals surface area contributed by atoms with Crippen molar-refractivity contribution < 1.29 is 28.2 Å². The lowest BCUT2D eigenvalue weighted by Gasteiger charge is -2.14. The number of benzene rings is 1. The van der Waals surface area contributed by atoms with E-state index in [1.807, 2.05) is 0 Å². The molecule has 1 aromatic carbocycles. The summed E-state index contributed by atoms with van der Waals surface area (Å²) in [6.07, 6.45) is 0.882. The summed E-state index contributed by atoms with van der Waals surface area (Å²) >= 11 is 0. The van der Waals surface area contributed by atoms with Crippen molar-refractivity contribution >= 4 is 21.7 Å². The number of hydrogen-bond donors (Lipinski definition) is 3. The number of phenolic OH excluding ortho intramolecular Hbond substituents is 1. The van der Waals surface area contributed by atoms with Crippen molar-refractivity contribution in [1.29, 1.82) is 0 Å². The fourth-order valence-electron chi connectivity index (χ4n) is 1.54. The highest BCUT2D eigenvalue weighted by molar-refractivity contribution is 7.91. The third-order valence-corrected chi connectivity index (χ3v) is 3.19. The standard InChI is InChI=1S/C12H15NO6S/c1-20(18,19)7-11(15)13-10(12(16)17)6-8-2-4-9(14)5-3-8/h2-5,10,14H,6-7H2,1H3,(H,13,15)(H,16,17)/t10-/m0/s1. The summed E-state index contributed by atoms with van der Waals surface area (Å²) in [7, 11) is -3.51. The van der Waals surface area contributed by atoms with E-state index in [0.29, 0.717) is 5.56 Å². The van der Waals surface area contributed by atoms with E-state index >= 15 is 0 Å². The third-order valence-electron chi connectivity index (χ3n) is 2.40. The Kier molecular flexibility index (Phi) is 5.09. The van der Waals surface area contributed by atoms with Gasteiger partial charge in [0.05, 0.1) is 0 Å². The van der Waals surface area contributed by atoms with Crippen LogP contribution in [0.25, 0.3) is 0 Å². The average Bonchev–Trinajstić information content (AvgIpc) is 2.28. The summed E-state index contributed by atoms with van der Waals surface area (Å²) in [5.74, 6) is -2.84. The number of phenols is 1. The zero-order valence-corrected chi connectivity index (χ0v) is 11.6. The quantitative estimate of drug-likeness (QED) is 0.654. The molecule has 0 heterocycles. The molecule has 0 fully saturated rings. The first-order chi connectivity index (χ1) is 9.17. The number of rotatable bonds is 6. The van der Waals surface area contributed by atoms with Crippen LogP contribution in [-0.2, 0) is 25.8 Å². The summed E-state index contributed by atoms with van der Waals surface area (Å²) in [4.78, 5) is 22.5. The van der Waals surface area contributed by atoms with Crippen LogP contribution in [0.5, 0.6) is 5.75 Å². The molecule has 20 heavy (non-hydrogen) atoms. The minimum atomic E-state index is -3.51. The molecule has 1 rings (SSSR count). The normalized spacial score (nSPS) is 12.7. The van der Waals surface area contributed by atoms with Gasteiger partial charge in [0, 0.05) is 12.7 Å².